The summed E-state index contributed by atoms with van der Waals surface area (Å²) in [6, 6.07) is 53.8. The molecule has 0 radical (unpaired) electrons. The highest BCUT2D eigenvalue weighted by molar-refractivity contribution is 6.22. The van der Waals surface area contributed by atoms with Gasteiger partial charge >= 0.3 is 0 Å². The van der Waals surface area contributed by atoms with Gasteiger partial charge in [-0.25, -0.2) is 4.98 Å². The molecule has 0 aliphatic carbocycles. The Morgan fingerprint density at radius 3 is 1.62 bits per heavy atom. The van der Waals surface area contributed by atoms with E-state index in [9.17, 15) is 0 Å². The van der Waals surface area contributed by atoms with Crippen LogP contribution < -0.4 is 4.90 Å². The van der Waals surface area contributed by atoms with E-state index in [0.717, 1.165) is 22.9 Å². The fourth-order valence-electron chi connectivity index (χ4n) is 5.75. The van der Waals surface area contributed by atoms with Crippen molar-refractivity contribution in [1.82, 2.24) is 4.98 Å². The maximum absolute atomic E-state index is 4.99. The minimum atomic E-state index is 0.903. The van der Waals surface area contributed by atoms with Crippen molar-refractivity contribution in [3.63, 3.8) is 0 Å². The predicted octanol–water partition coefficient (Wildman–Crippen LogP) is 10.5. The number of benzene rings is 6. The highest BCUT2D eigenvalue weighted by Gasteiger charge is 2.22. The second-order valence-electron chi connectivity index (χ2n) is 10.1. The summed E-state index contributed by atoms with van der Waals surface area (Å²) in [6.07, 6.45) is 0. The maximum Gasteiger partial charge on any atom is 0.137 e. The van der Waals surface area contributed by atoms with Crippen molar-refractivity contribution >= 4 is 38.7 Å². The number of rotatable bonds is 5. The summed E-state index contributed by atoms with van der Waals surface area (Å²) in [7, 11) is 0. The minimum absolute atomic E-state index is 0.903. The lowest BCUT2D eigenvalue weighted by Gasteiger charge is -2.28. The van der Waals surface area contributed by atoms with Gasteiger partial charge in [-0.05, 0) is 70.3 Å². The second kappa shape index (κ2) is 10.2. The normalized spacial score (nSPS) is 11.1. The first-order valence-corrected chi connectivity index (χ1v) is 13.7. The van der Waals surface area contributed by atoms with Crippen LogP contribution in [-0.2, 0) is 0 Å². The summed E-state index contributed by atoms with van der Waals surface area (Å²) < 4.78 is 0. The smallest absolute Gasteiger partial charge is 0.137 e. The molecule has 0 saturated carbocycles. The molecule has 0 aliphatic rings. The van der Waals surface area contributed by atoms with Crippen LogP contribution >= 0.6 is 0 Å². The second-order valence-corrected chi connectivity index (χ2v) is 10.1. The summed E-state index contributed by atoms with van der Waals surface area (Å²) in [5, 5.41) is 4.81. The largest absolute Gasteiger partial charge is 0.294 e. The average molecular weight is 513 g/mol. The van der Waals surface area contributed by atoms with Gasteiger partial charge in [0.15, 0.2) is 0 Å². The Labute approximate surface area is 234 Å². The molecule has 0 N–H and O–H groups in total. The lowest BCUT2D eigenvalue weighted by atomic mass is 9.89. The fourth-order valence-corrected chi connectivity index (χ4v) is 5.75. The summed E-state index contributed by atoms with van der Waals surface area (Å²) in [5.74, 6) is 0.903. The Bertz CT molecular complexity index is 1900. The van der Waals surface area contributed by atoms with Crippen LogP contribution in [0.1, 0.15) is 5.69 Å². The molecule has 7 aromatic rings. The van der Waals surface area contributed by atoms with E-state index in [1.54, 1.807) is 0 Å². The number of para-hydroxylation sites is 1. The lowest BCUT2D eigenvalue weighted by Crippen LogP contribution is -2.13. The molecule has 7 rings (SSSR count). The zero-order valence-electron chi connectivity index (χ0n) is 22.3. The molecule has 0 atom stereocenters. The SMILES string of the molecule is Cc1cccc(N(c2ccccc2)c2c3ccccc3c(-c3cccc(-c4ccccc4)c3)c3ccccc23)n1. The third-order valence-corrected chi connectivity index (χ3v) is 7.50. The highest BCUT2D eigenvalue weighted by Crippen LogP contribution is 2.47. The Morgan fingerprint density at radius 2 is 0.975 bits per heavy atom. The highest BCUT2D eigenvalue weighted by atomic mass is 15.2. The van der Waals surface area contributed by atoms with E-state index in [-0.39, 0.29) is 0 Å². The lowest BCUT2D eigenvalue weighted by molar-refractivity contribution is 1.14. The van der Waals surface area contributed by atoms with Crippen LogP contribution in [0, 0.1) is 6.92 Å². The van der Waals surface area contributed by atoms with Gasteiger partial charge in [0.1, 0.15) is 5.82 Å². The molecule has 2 heteroatoms. The Kier molecular flexibility index (Phi) is 6.07. The molecule has 0 fully saturated rings. The van der Waals surface area contributed by atoms with Gasteiger partial charge in [0.25, 0.3) is 0 Å². The van der Waals surface area contributed by atoms with Crippen LogP contribution in [0.5, 0.6) is 0 Å². The molecule has 40 heavy (non-hydrogen) atoms. The fraction of sp³-hybridized carbons (Fsp3) is 0.0263. The van der Waals surface area contributed by atoms with E-state index < -0.39 is 0 Å². The first-order valence-electron chi connectivity index (χ1n) is 13.7. The maximum atomic E-state index is 4.99. The van der Waals surface area contributed by atoms with E-state index in [4.69, 9.17) is 4.98 Å². The first-order chi connectivity index (χ1) is 19.8. The summed E-state index contributed by atoms with van der Waals surface area (Å²) >= 11 is 0. The van der Waals surface area contributed by atoms with Crippen LogP contribution in [-0.4, -0.2) is 4.98 Å². The van der Waals surface area contributed by atoms with E-state index in [0.29, 0.717) is 0 Å². The van der Waals surface area contributed by atoms with E-state index >= 15 is 0 Å². The van der Waals surface area contributed by atoms with Gasteiger partial charge in [0.2, 0.25) is 0 Å². The summed E-state index contributed by atoms with van der Waals surface area (Å²) in [5.41, 5.74) is 8.09. The molecule has 6 aromatic carbocycles. The van der Waals surface area contributed by atoms with Gasteiger partial charge in [0.05, 0.1) is 5.69 Å². The summed E-state index contributed by atoms with van der Waals surface area (Å²) in [4.78, 5) is 7.30. The van der Waals surface area contributed by atoms with Crippen LogP contribution in [0.3, 0.4) is 0 Å². The Balaban J connectivity index is 1.57. The number of aryl methyl sites for hydroxylation is 1. The summed E-state index contributed by atoms with van der Waals surface area (Å²) in [6.45, 7) is 2.05. The number of hydrogen-bond acceptors (Lipinski definition) is 2. The molecule has 1 aromatic heterocycles. The number of hydrogen-bond donors (Lipinski definition) is 0. The topological polar surface area (TPSA) is 16.1 Å². The Hall–Kier alpha value is -5.21. The molecule has 0 aliphatic heterocycles. The Morgan fingerprint density at radius 1 is 0.450 bits per heavy atom. The number of nitrogens with zero attached hydrogens (tertiary/aromatic N) is 2. The molecule has 0 bridgehead atoms. The third kappa shape index (κ3) is 4.20. The molecule has 0 spiro atoms. The van der Waals surface area contributed by atoms with Crippen molar-refractivity contribution in [1.29, 1.82) is 0 Å². The zero-order chi connectivity index (χ0) is 26.9. The average Bonchev–Trinajstić information content (AvgIpc) is 3.02. The van der Waals surface area contributed by atoms with Gasteiger partial charge in [0, 0.05) is 22.2 Å². The molecule has 2 nitrogen and oxygen atoms in total. The van der Waals surface area contributed by atoms with Crippen molar-refractivity contribution in [3.8, 4) is 22.3 Å². The molecule has 190 valence electrons. The molecule has 0 unspecified atom stereocenters. The van der Waals surface area contributed by atoms with Gasteiger partial charge < -0.3 is 0 Å². The van der Waals surface area contributed by atoms with Gasteiger partial charge in [-0.15, -0.1) is 0 Å². The monoisotopic (exact) mass is 512 g/mol. The number of anilines is 3. The van der Waals surface area contributed by atoms with Gasteiger partial charge in [-0.3, -0.25) is 4.90 Å². The predicted molar refractivity (Wildman–Crippen MR) is 170 cm³/mol. The number of fused-ring (bicyclic) bond motifs is 2. The van der Waals surface area contributed by atoms with Crippen molar-refractivity contribution in [2.75, 3.05) is 4.90 Å². The van der Waals surface area contributed by atoms with Crippen LogP contribution in [0.2, 0.25) is 0 Å². The van der Waals surface area contributed by atoms with E-state index in [1.807, 2.05) is 13.0 Å². The van der Waals surface area contributed by atoms with Crippen molar-refractivity contribution in [2.45, 2.75) is 6.92 Å². The van der Waals surface area contributed by atoms with Crippen LogP contribution in [0.15, 0.2) is 152 Å². The molecular formula is C38H28N2. The number of pyridine rings is 1. The quantitative estimate of drug-likeness (QED) is 0.213. The van der Waals surface area contributed by atoms with Gasteiger partial charge in [-0.1, -0.05) is 121 Å². The first kappa shape index (κ1) is 23.9. The third-order valence-electron chi connectivity index (χ3n) is 7.50. The van der Waals surface area contributed by atoms with Crippen LogP contribution in [0.25, 0.3) is 43.8 Å². The number of aromatic nitrogens is 1. The molecule has 0 saturated heterocycles. The van der Waals surface area contributed by atoms with Crippen molar-refractivity contribution in [2.24, 2.45) is 0 Å². The molecule has 1 heterocycles. The van der Waals surface area contributed by atoms with Gasteiger partial charge in [-0.2, -0.15) is 0 Å². The molecule has 0 amide bonds. The minimum Gasteiger partial charge on any atom is -0.294 e. The zero-order valence-corrected chi connectivity index (χ0v) is 22.3. The standard InChI is InChI=1S/C38H28N2/c1-27-14-12-25-36(39-27)40(31-19-6-3-7-20-31)38-34-23-10-8-21-32(34)37(33-22-9-11-24-35(33)38)30-18-13-17-29(26-30)28-15-4-2-5-16-28/h2-26H,1H3. The van der Waals surface area contributed by atoms with E-state index in [2.05, 4.69) is 150 Å². The molecular weight excluding hydrogens is 484 g/mol. The van der Waals surface area contributed by atoms with Crippen molar-refractivity contribution in [3.05, 3.63) is 157 Å². The van der Waals surface area contributed by atoms with E-state index in [1.165, 1.54) is 43.8 Å². The van der Waals surface area contributed by atoms with Crippen molar-refractivity contribution < 1.29 is 0 Å². The van der Waals surface area contributed by atoms with Crippen LogP contribution in [0.4, 0.5) is 17.2 Å².